The Hall–Kier alpha value is -1.47. The number of amides is 1. The molecule has 1 rings (SSSR count). The molecule has 0 aliphatic carbocycles. The first kappa shape index (κ1) is 22.6. The van der Waals surface area contributed by atoms with Gasteiger partial charge in [-0.1, -0.05) is 19.1 Å². The Morgan fingerprint density at radius 1 is 1.15 bits per heavy atom. The fourth-order valence-electron chi connectivity index (χ4n) is 2.51. The predicted octanol–water partition coefficient (Wildman–Crippen LogP) is 2.06. The van der Waals surface area contributed by atoms with Gasteiger partial charge in [0, 0.05) is 31.3 Å². The van der Waals surface area contributed by atoms with Crippen LogP contribution in [0.4, 0.5) is 0 Å². The van der Waals surface area contributed by atoms with E-state index in [4.69, 9.17) is 9.47 Å². The molecule has 6 nitrogen and oxygen atoms in total. The number of hydrogen-bond donors (Lipinski definition) is 2. The molecule has 0 unspecified atom stereocenters. The molecule has 26 heavy (non-hydrogen) atoms. The number of rotatable bonds is 13. The summed E-state index contributed by atoms with van der Waals surface area (Å²) in [5, 5.41) is 12.6. The second-order valence-corrected chi connectivity index (χ2v) is 6.49. The van der Waals surface area contributed by atoms with E-state index in [1.807, 2.05) is 31.2 Å². The predicted molar refractivity (Wildman–Crippen MR) is 103 cm³/mol. The molecule has 1 aromatic carbocycles. The topological polar surface area (TPSA) is 71.0 Å². The van der Waals surface area contributed by atoms with Gasteiger partial charge >= 0.3 is 0 Å². The third-order valence-corrected chi connectivity index (χ3v) is 4.12. The largest absolute Gasteiger partial charge is 0.389 e. The molecule has 0 aliphatic rings. The first-order valence-electron chi connectivity index (χ1n) is 9.42. The van der Waals surface area contributed by atoms with Crippen LogP contribution in [0.15, 0.2) is 24.3 Å². The van der Waals surface area contributed by atoms with Crippen LogP contribution in [0.25, 0.3) is 0 Å². The summed E-state index contributed by atoms with van der Waals surface area (Å²) in [5.41, 5.74) is 1.77. The summed E-state index contributed by atoms with van der Waals surface area (Å²) in [6.07, 6.45) is -0.732. The molecule has 0 saturated heterocycles. The van der Waals surface area contributed by atoms with E-state index in [2.05, 4.69) is 31.0 Å². The van der Waals surface area contributed by atoms with Gasteiger partial charge in [-0.15, -0.1) is 0 Å². The van der Waals surface area contributed by atoms with E-state index in [9.17, 15) is 9.90 Å². The fourth-order valence-corrected chi connectivity index (χ4v) is 2.51. The van der Waals surface area contributed by atoms with Gasteiger partial charge < -0.3 is 19.9 Å². The van der Waals surface area contributed by atoms with Crippen LogP contribution in [-0.4, -0.2) is 67.6 Å². The van der Waals surface area contributed by atoms with Crippen molar-refractivity contribution in [3.63, 3.8) is 0 Å². The van der Waals surface area contributed by atoms with E-state index in [0.717, 1.165) is 13.1 Å². The van der Waals surface area contributed by atoms with Gasteiger partial charge in [-0.05, 0) is 45.0 Å². The van der Waals surface area contributed by atoms with E-state index in [-0.39, 0.29) is 19.1 Å². The molecule has 0 radical (unpaired) electrons. The minimum Gasteiger partial charge on any atom is -0.389 e. The van der Waals surface area contributed by atoms with Crippen LogP contribution >= 0.6 is 0 Å². The Morgan fingerprint density at radius 3 is 2.38 bits per heavy atom. The van der Waals surface area contributed by atoms with Gasteiger partial charge in [-0.2, -0.15) is 0 Å². The summed E-state index contributed by atoms with van der Waals surface area (Å²) in [7, 11) is 0. The molecule has 0 fully saturated rings. The molecular formula is C20H34N2O4. The number of aliphatic hydroxyl groups excluding tert-OH is 1. The third kappa shape index (κ3) is 8.76. The zero-order valence-electron chi connectivity index (χ0n) is 16.5. The summed E-state index contributed by atoms with van der Waals surface area (Å²) in [6.45, 7) is 12.2. The lowest BCUT2D eigenvalue weighted by Crippen LogP contribution is -2.34. The molecule has 0 bridgehead atoms. The van der Waals surface area contributed by atoms with E-state index < -0.39 is 6.10 Å². The van der Waals surface area contributed by atoms with E-state index in [1.165, 1.54) is 5.56 Å². The molecule has 1 aromatic rings. The minimum atomic E-state index is -0.732. The Morgan fingerprint density at radius 2 is 1.81 bits per heavy atom. The lowest BCUT2D eigenvalue weighted by molar-refractivity contribution is 0.00663. The SMILES string of the molecule is CCOCCOC[C@H](O)CNC(=O)c1ccc(CN(CC)C(C)C)cc1. The Labute approximate surface area is 157 Å². The van der Waals surface area contributed by atoms with Crippen molar-refractivity contribution in [1.29, 1.82) is 0 Å². The summed E-state index contributed by atoms with van der Waals surface area (Å²) in [6, 6.07) is 8.09. The number of hydrogen-bond acceptors (Lipinski definition) is 5. The van der Waals surface area contributed by atoms with Crippen LogP contribution in [0.1, 0.15) is 43.6 Å². The zero-order valence-corrected chi connectivity index (χ0v) is 16.5. The molecule has 6 heteroatoms. The van der Waals surface area contributed by atoms with Gasteiger partial charge in [0.1, 0.15) is 0 Å². The lowest BCUT2D eigenvalue weighted by Gasteiger charge is -2.24. The molecule has 1 amide bonds. The van der Waals surface area contributed by atoms with E-state index >= 15 is 0 Å². The van der Waals surface area contributed by atoms with E-state index in [1.54, 1.807) is 0 Å². The smallest absolute Gasteiger partial charge is 0.251 e. The van der Waals surface area contributed by atoms with Crippen LogP contribution in [0, 0.1) is 0 Å². The van der Waals surface area contributed by atoms with Crippen molar-refractivity contribution in [1.82, 2.24) is 10.2 Å². The highest BCUT2D eigenvalue weighted by atomic mass is 16.5. The molecular weight excluding hydrogens is 332 g/mol. The monoisotopic (exact) mass is 366 g/mol. The van der Waals surface area contributed by atoms with Crippen LogP contribution < -0.4 is 5.32 Å². The molecule has 148 valence electrons. The van der Waals surface area contributed by atoms with Gasteiger partial charge in [-0.3, -0.25) is 9.69 Å². The summed E-state index contributed by atoms with van der Waals surface area (Å²) >= 11 is 0. The maximum atomic E-state index is 12.2. The van der Waals surface area contributed by atoms with Crippen molar-refractivity contribution in [3.8, 4) is 0 Å². The molecule has 2 N–H and O–H groups in total. The Balaban J connectivity index is 2.36. The maximum Gasteiger partial charge on any atom is 0.251 e. The van der Waals surface area contributed by atoms with Gasteiger partial charge in [0.05, 0.1) is 25.9 Å². The number of ether oxygens (including phenoxy) is 2. The highest BCUT2D eigenvalue weighted by Crippen LogP contribution is 2.10. The second-order valence-electron chi connectivity index (χ2n) is 6.49. The zero-order chi connectivity index (χ0) is 19.4. The molecule has 0 saturated carbocycles. The number of nitrogens with zero attached hydrogens (tertiary/aromatic N) is 1. The Kier molecular flexibility index (Phi) is 11.1. The number of carbonyl (C=O) groups excluding carboxylic acids is 1. The molecule has 0 heterocycles. The van der Waals surface area contributed by atoms with Crippen molar-refractivity contribution in [2.75, 3.05) is 39.5 Å². The van der Waals surface area contributed by atoms with Gasteiger partial charge in [0.2, 0.25) is 0 Å². The number of carbonyl (C=O) groups is 1. The van der Waals surface area contributed by atoms with Crippen molar-refractivity contribution >= 4 is 5.91 Å². The number of nitrogens with one attached hydrogen (secondary N) is 1. The fraction of sp³-hybridized carbons (Fsp3) is 0.650. The minimum absolute atomic E-state index is 0.159. The standard InChI is InChI=1S/C20H34N2O4/c1-5-22(16(3)4)14-17-7-9-18(10-8-17)20(24)21-13-19(23)15-26-12-11-25-6-2/h7-10,16,19,23H,5-6,11-15H2,1-4H3,(H,21,24)/t19-/m1/s1. The van der Waals surface area contributed by atoms with Crippen LogP contribution in [-0.2, 0) is 16.0 Å². The molecule has 0 aromatic heterocycles. The molecule has 0 aliphatic heterocycles. The van der Waals surface area contributed by atoms with Crippen molar-refractivity contribution < 1.29 is 19.4 Å². The average molecular weight is 367 g/mol. The van der Waals surface area contributed by atoms with Crippen molar-refractivity contribution in [2.24, 2.45) is 0 Å². The van der Waals surface area contributed by atoms with Gasteiger partial charge in [0.15, 0.2) is 0 Å². The maximum absolute atomic E-state index is 12.2. The van der Waals surface area contributed by atoms with Gasteiger partial charge in [0.25, 0.3) is 5.91 Å². The van der Waals surface area contributed by atoms with Gasteiger partial charge in [-0.25, -0.2) is 0 Å². The molecule has 1 atom stereocenters. The van der Waals surface area contributed by atoms with Crippen LogP contribution in [0.3, 0.4) is 0 Å². The Bertz CT molecular complexity index is 505. The summed E-state index contributed by atoms with van der Waals surface area (Å²) in [4.78, 5) is 14.5. The lowest BCUT2D eigenvalue weighted by atomic mass is 10.1. The first-order valence-corrected chi connectivity index (χ1v) is 9.42. The molecule has 0 spiro atoms. The van der Waals surface area contributed by atoms with Crippen molar-refractivity contribution in [3.05, 3.63) is 35.4 Å². The highest BCUT2D eigenvalue weighted by molar-refractivity contribution is 5.94. The number of benzene rings is 1. The third-order valence-electron chi connectivity index (χ3n) is 4.12. The van der Waals surface area contributed by atoms with Crippen LogP contribution in [0.2, 0.25) is 0 Å². The van der Waals surface area contributed by atoms with E-state index in [0.29, 0.717) is 31.4 Å². The quantitative estimate of drug-likeness (QED) is 0.523. The summed E-state index contributed by atoms with van der Waals surface area (Å²) in [5.74, 6) is -0.193. The average Bonchev–Trinajstić information content (AvgIpc) is 2.64. The highest BCUT2D eigenvalue weighted by Gasteiger charge is 2.11. The van der Waals surface area contributed by atoms with Crippen LogP contribution in [0.5, 0.6) is 0 Å². The summed E-state index contributed by atoms with van der Waals surface area (Å²) < 4.78 is 10.4. The number of aliphatic hydroxyl groups is 1. The first-order chi connectivity index (χ1) is 12.5. The second kappa shape index (κ2) is 12.8. The normalized spacial score (nSPS) is 12.6. The van der Waals surface area contributed by atoms with Crippen molar-refractivity contribution in [2.45, 2.75) is 46.4 Å².